The molecule has 0 bridgehead atoms. The summed E-state index contributed by atoms with van der Waals surface area (Å²) in [6, 6.07) is 5.02. The molecule has 0 amide bonds. The summed E-state index contributed by atoms with van der Waals surface area (Å²) in [5.41, 5.74) is 1.97. The molecule has 0 fully saturated rings. The van der Waals surface area contributed by atoms with Crippen molar-refractivity contribution in [3.8, 4) is 0 Å². The van der Waals surface area contributed by atoms with Gasteiger partial charge in [-0.25, -0.2) is 8.42 Å². The van der Waals surface area contributed by atoms with Crippen LogP contribution in [0.3, 0.4) is 0 Å². The van der Waals surface area contributed by atoms with Crippen LogP contribution in [-0.2, 0) is 16.4 Å². The molecule has 0 aliphatic carbocycles. The molecule has 20 heavy (non-hydrogen) atoms. The highest BCUT2D eigenvalue weighted by molar-refractivity contribution is 7.89. The van der Waals surface area contributed by atoms with Crippen molar-refractivity contribution in [2.24, 2.45) is 0 Å². The average molecular weight is 300 g/mol. The molecule has 1 aromatic rings. The first kappa shape index (κ1) is 15.2. The lowest BCUT2D eigenvalue weighted by Gasteiger charge is -2.23. The molecule has 0 saturated heterocycles. The smallest absolute Gasteiger partial charge is 0.243 e. The number of aryl methyl sites for hydroxylation is 1. The van der Waals surface area contributed by atoms with E-state index in [1.807, 2.05) is 0 Å². The molecule has 0 saturated carbocycles. The molecule has 0 spiro atoms. The number of aliphatic hydroxyl groups excluding tert-OH is 2. The van der Waals surface area contributed by atoms with E-state index in [1.54, 1.807) is 18.2 Å². The molecule has 1 aliphatic heterocycles. The van der Waals surface area contributed by atoms with E-state index in [4.69, 9.17) is 10.2 Å². The van der Waals surface area contributed by atoms with Crippen LogP contribution >= 0.6 is 0 Å². The maximum Gasteiger partial charge on any atom is 0.243 e. The minimum Gasteiger partial charge on any atom is -0.395 e. The minimum absolute atomic E-state index is 0.0156. The minimum atomic E-state index is -3.67. The van der Waals surface area contributed by atoms with Gasteiger partial charge in [-0.05, 0) is 36.6 Å². The first-order valence-corrected chi connectivity index (χ1v) is 8.12. The Morgan fingerprint density at radius 2 is 1.90 bits per heavy atom. The highest BCUT2D eigenvalue weighted by atomic mass is 32.2. The number of hydrogen-bond acceptors (Lipinski definition) is 5. The second kappa shape index (κ2) is 6.53. The Kier molecular flexibility index (Phi) is 4.98. The van der Waals surface area contributed by atoms with Crippen LogP contribution in [-0.4, -0.2) is 55.8 Å². The molecule has 112 valence electrons. The number of rotatable bonds is 6. The van der Waals surface area contributed by atoms with Crippen LogP contribution in [0.1, 0.15) is 12.0 Å². The fraction of sp³-hybridized carbons (Fsp3) is 0.538. The van der Waals surface area contributed by atoms with Gasteiger partial charge in [-0.15, -0.1) is 0 Å². The van der Waals surface area contributed by atoms with Gasteiger partial charge in [-0.1, -0.05) is 0 Å². The maximum absolute atomic E-state index is 12.5. The van der Waals surface area contributed by atoms with Crippen molar-refractivity contribution in [3.05, 3.63) is 23.8 Å². The number of benzene rings is 1. The third-order valence-corrected chi connectivity index (χ3v) is 5.25. The van der Waals surface area contributed by atoms with Gasteiger partial charge in [0.05, 0.1) is 18.1 Å². The summed E-state index contributed by atoms with van der Waals surface area (Å²) in [6.45, 7) is 0.328. The molecule has 1 aliphatic rings. The Hall–Kier alpha value is -1.15. The highest BCUT2D eigenvalue weighted by Gasteiger charge is 2.24. The van der Waals surface area contributed by atoms with E-state index >= 15 is 0 Å². The topological polar surface area (TPSA) is 89.9 Å². The summed E-state index contributed by atoms with van der Waals surface area (Å²) in [4.78, 5) is 0.210. The second-order valence-electron chi connectivity index (χ2n) is 4.70. The quantitative estimate of drug-likeness (QED) is 0.689. The lowest BCUT2D eigenvalue weighted by molar-refractivity contribution is 0.217. The number of nitrogens with one attached hydrogen (secondary N) is 1. The molecule has 0 radical (unpaired) electrons. The van der Waals surface area contributed by atoms with E-state index in [0.717, 1.165) is 34.9 Å². The highest BCUT2D eigenvalue weighted by Crippen LogP contribution is 2.26. The van der Waals surface area contributed by atoms with Crippen molar-refractivity contribution in [1.82, 2.24) is 4.31 Å². The van der Waals surface area contributed by atoms with Gasteiger partial charge in [0.1, 0.15) is 0 Å². The molecule has 0 unspecified atom stereocenters. The van der Waals surface area contributed by atoms with Gasteiger partial charge in [0, 0.05) is 25.3 Å². The first-order chi connectivity index (χ1) is 9.59. The average Bonchev–Trinajstić information content (AvgIpc) is 2.46. The summed E-state index contributed by atoms with van der Waals surface area (Å²) in [5, 5.41) is 21.2. The van der Waals surface area contributed by atoms with Crippen molar-refractivity contribution in [3.63, 3.8) is 0 Å². The van der Waals surface area contributed by atoms with E-state index in [2.05, 4.69) is 5.32 Å². The predicted octanol–water partition coefficient (Wildman–Crippen LogP) is 0.0200. The second-order valence-corrected chi connectivity index (χ2v) is 6.64. The summed E-state index contributed by atoms with van der Waals surface area (Å²) < 4.78 is 26.1. The van der Waals surface area contributed by atoms with Gasteiger partial charge in [0.2, 0.25) is 10.0 Å². The van der Waals surface area contributed by atoms with Crippen molar-refractivity contribution in [2.45, 2.75) is 17.7 Å². The Balaban J connectivity index is 2.32. The Bertz CT molecular complexity index is 553. The van der Waals surface area contributed by atoms with Crippen molar-refractivity contribution in [2.75, 3.05) is 38.2 Å². The molecule has 0 atom stereocenters. The summed E-state index contributed by atoms with van der Waals surface area (Å²) in [6.07, 6.45) is 1.83. The van der Waals surface area contributed by atoms with Crippen LogP contribution < -0.4 is 5.32 Å². The van der Waals surface area contributed by atoms with Gasteiger partial charge >= 0.3 is 0 Å². The zero-order valence-electron chi connectivity index (χ0n) is 11.2. The van der Waals surface area contributed by atoms with Gasteiger partial charge in [0.25, 0.3) is 0 Å². The summed E-state index contributed by atoms with van der Waals surface area (Å²) in [5.74, 6) is 0. The molecule has 3 N–H and O–H groups in total. The molecular formula is C13H20N2O4S. The molecule has 2 rings (SSSR count). The predicted molar refractivity (Wildman–Crippen MR) is 76.2 cm³/mol. The monoisotopic (exact) mass is 300 g/mol. The lowest BCUT2D eigenvalue weighted by atomic mass is 10.0. The van der Waals surface area contributed by atoms with Crippen LogP contribution in [0.15, 0.2) is 23.1 Å². The van der Waals surface area contributed by atoms with Crippen molar-refractivity contribution < 1.29 is 18.6 Å². The van der Waals surface area contributed by atoms with Crippen LogP contribution in [0.2, 0.25) is 0 Å². The lowest BCUT2D eigenvalue weighted by Crippen LogP contribution is -2.36. The van der Waals surface area contributed by atoms with E-state index in [0.29, 0.717) is 0 Å². The molecular weight excluding hydrogens is 280 g/mol. The van der Waals surface area contributed by atoms with Crippen LogP contribution in [0.25, 0.3) is 0 Å². The van der Waals surface area contributed by atoms with Gasteiger partial charge in [0.15, 0.2) is 0 Å². The maximum atomic E-state index is 12.5. The Morgan fingerprint density at radius 3 is 2.55 bits per heavy atom. The third-order valence-electron chi connectivity index (χ3n) is 3.35. The summed E-state index contributed by atoms with van der Waals surface area (Å²) >= 11 is 0. The fourth-order valence-electron chi connectivity index (χ4n) is 2.34. The van der Waals surface area contributed by atoms with Crippen molar-refractivity contribution in [1.29, 1.82) is 0 Å². The summed E-state index contributed by atoms with van der Waals surface area (Å²) in [7, 11) is -3.67. The molecule has 7 heteroatoms. The number of aliphatic hydroxyl groups is 2. The number of sulfonamides is 1. The number of hydrogen-bond donors (Lipinski definition) is 3. The Morgan fingerprint density at radius 1 is 1.20 bits per heavy atom. The fourth-order valence-corrected chi connectivity index (χ4v) is 3.81. The van der Waals surface area contributed by atoms with E-state index < -0.39 is 10.0 Å². The van der Waals surface area contributed by atoms with Crippen LogP contribution in [0.5, 0.6) is 0 Å². The first-order valence-electron chi connectivity index (χ1n) is 6.68. The molecule has 1 heterocycles. The number of fused-ring (bicyclic) bond motifs is 1. The van der Waals surface area contributed by atoms with Gasteiger partial charge in [-0.2, -0.15) is 4.31 Å². The third kappa shape index (κ3) is 3.12. The van der Waals surface area contributed by atoms with Crippen LogP contribution in [0, 0.1) is 0 Å². The van der Waals surface area contributed by atoms with Gasteiger partial charge < -0.3 is 15.5 Å². The largest absolute Gasteiger partial charge is 0.395 e. The normalized spacial score (nSPS) is 14.9. The molecule has 1 aromatic carbocycles. The Labute approximate surface area is 119 Å². The van der Waals surface area contributed by atoms with Crippen molar-refractivity contribution >= 4 is 15.7 Å². The van der Waals surface area contributed by atoms with Crippen LogP contribution in [0.4, 0.5) is 5.69 Å². The van der Waals surface area contributed by atoms with E-state index in [-0.39, 0.29) is 31.2 Å². The number of anilines is 1. The zero-order valence-corrected chi connectivity index (χ0v) is 12.1. The van der Waals surface area contributed by atoms with Gasteiger partial charge in [-0.3, -0.25) is 0 Å². The van der Waals surface area contributed by atoms with E-state index in [1.165, 1.54) is 0 Å². The standard InChI is InChI=1S/C13H20N2O4S/c16-8-6-15(7-9-17)20(18,19)12-3-4-13-11(10-12)2-1-5-14-13/h3-4,10,14,16-17H,1-2,5-9H2. The molecule has 6 nitrogen and oxygen atoms in total. The number of nitrogens with zero attached hydrogens (tertiary/aromatic N) is 1. The SMILES string of the molecule is O=S(=O)(c1ccc2c(c1)CCCN2)N(CCO)CCO. The molecule has 0 aromatic heterocycles. The van der Waals surface area contributed by atoms with E-state index in [9.17, 15) is 8.42 Å². The zero-order chi connectivity index (χ0) is 14.6.